The molecule has 0 aliphatic carbocycles. The average molecular weight is 443 g/mol. The van der Waals surface area contributed by atoms with Gasteiger partial charge in [0, 0.05) is 29.9 Å². The van der Waals surface area contributed by atoms with E-state index >= 15 is 0 Å². The molecule has 1 amide bonds. The second-order valence-electron chi connectivity index (χ2n) is 7.70. The van der Waals surface area contributed by atoms with E-state index in [0.717, 1.165) is 31.2 Å². The molecule has 2 heterocycles. The van der Waals surface area contributed by atoms with E-state index in [0.29, 0.717) is 25.2 Å². The molecule has 0 radical (unpaired) electrons. The number of fused-ring (bicyclic) bond motifs is 1. The Kier molecular flexibility index (Phi) is 6.22. The van der Waals surface area contributed by atoms with E-state index in [1.54, 1.807) is 23.5 Å². The Morgan fingerprint density at radius 1 is 1.10 bits per heavy atom. The number of aryl methyl sites for hydroxylation is 1. The first-order valence-corrected chi connectivity index (χ1v) is 12.6. The van der Waals surface area contributed by atoms with E-state index < -0.39 is 10.0 Å². The molecule has 0 saturated carbocycles. The number of piperidine rings is 1. The highest BCUT2D eigenvalue weighted by Crippen LogP contribution is 2.26. The molecule has 30 heavy (non-hydrogen) atoms. The van der Waals surface area contributed by atoms with E-state index in [1.165, 1.54) is 26.0 Å². The summed E-state index contributed by atoms with van der Waals surface area (Å²) in [6, 6.07) is 13.1. The van der Waals surface area contributed by atoms with Crippen molar-refractivity contribution in [2.45, 2.75) is 37.5 Å². The first-order valence-electron chi connectivity index (χ1n) is 10.3. The van der Waals surface area contributed by atoms with Gasteiger partial charge in [0.05, 0.1) is 4.90 Å². The second kappa shape index (κ2) is 8.88. The Bertz CT molecular complexity index is 1160. The molecular formula is C23H26N2O3S2. The zero-order valence-electron chi connectivity index (χ0n) is 17.1. The van der Waals surface area contributed by atoms with Gasteiger partial charge in [0.25, 0.3) is 5.91 Å². The highest BCUT2D eigenvalue weighted by Gasteiger charge is 2.27. The van der Waals surface area contributed by atoms with Gasteiger partial charge in [-0.05, 0) is 66.3 Å². The quantitative estimate of drug-likeness (QED) is 0.617. The Labute approximate surface area is 181 Å². The minimum atomic E-state index is -3.56. The van der Waals surface area contributed by atoms with Gasteiger partial charge in [-0.1, -0.05) is 30.7 Å². The fourth-order valence-electron chi connectivity index (χ4n) is 3.89. The molecule has 1 aromatic heterocycles. The smallest absolute Gasteiger partial charge is 0.251 e. The third kappa shape index (κ3) is 4.29. The third-order valence-electron chi connectivity index (χ3n) is 5.65. The first-order chi connectivity index (χ1) is 14.5. The molecule has 1 aliphatic rings. The molecule has 158 valence electrons. The number of rotatable bonds is 6. The Balaban J connectivity index is 1.46. The molecule has 1 N–H and O–H groups in total. The van der Waals surface area contributed by atoms with Crippen LogP contribution in [0.4, 0.5) is 0 Å². The number of nitrogens with zero attached hydrogens (tertiary/aromatic N) is 1. The lowest BCUT2D eigenvalue weighted by Crippen LogP contribution is -2.35. The fraction of sp³-hybridized carbons (Fsp3) is 0.348. The predicted octanol–water partition coefficient (Wildman–Crippen LogP) is 4.36. The number of thiophene rings is 1. The lowest BCUT2D eigenvalue weighted by atomic mass is 10.1. The monoisotopic (exact) mass is 442 g/mol. The van der Waals surface area contributed by atoms with E-state index in [1.807, 2.05) is 19.1 Å². The lowest BCUT2D eigenvalue weighted by molar-refractivity contribution is 0.0953. The van der Waals surface area contributed by atoms with Crippen LogP contribution in [0.15, 0.2) is 52.7 Å². The summed E-state index contributed by atoms with van der Waals surface area (Å²) in [6.45, 7) is 3.43. The van der Waals surface area contributed by atoms with Crippen molar-refractivity contribution < 1.29 is 13.2 Å². The van der Waals surface area contributed by atoms with Gasteiger partial charge in [0.1, 0.15) is 0 Å². The van der Waals surface area contributed by atoms with Crippen molar-refractivity contribution in [3.63, 3.8) is 0 Å². The summed E-state index contributed by atoms with van der Waals surface area (Å²) in [5, 5.41) is 6.32. The molecule has 0 atom stereocenters. The zero-order chi connectivity index (χ0) is 21.1. The summed E-state index contributed by atoms with van der Waals surface area (Å²) in [5.74, 6) is -0.234. The summed E-state index contributed by atoms with van der Waals surface area (Å²) in [5.41, 5.74) is 2.41. The molecule has 5 nitrogen and oxygen atoms in total. The molecule has 7 heteroatoms. The molecular weight excluding hydrogens is 416 g/mol. The molecule has 3 aromatic rings. The average Bonchev–Trinajstić information content (AvgIpc) is 3.17. The van der Waals surface area contributed by atoms with Crippen LogP contribution in [-0.2, 0) is 16.4 Å². The number of amides is 1. The molecule has 0 unspecified atom stereocenters. The summed E-state index contributed by atoms with van der Waals surface area (Å²) in [6.07, 6.45) is 3.57. The van der Waals surface area contributed by atoms with Crippen LogP contribution in [0.1, 0.15) is 40.7 Å². The molecule has 0 spiro atoms. The summed E-state index contributed by atoms with van der Waals surface area (Å²) in [4.78, 5) is 13.0. The number of carbonyl (C=O) groups is 1. The van der Waals surface area contributed by atoms with Gasteiger partial charge in [-0.3, -0.25) is 4.79 Å². The van der Waals surface area contributed by atoms with Gasteiger partial charge in [-0.2, -0.15) is 4.31 Å². The highest BCUT2D eigenvalue weighted by molar-refractivity contribution is 7.89. The first kappa shape index (κ1) is 21.0. The van der Waals surface area contributed by atoms with Gasteiger partial charge in [-0.25, -0.2) is 8.42 Å². The van der Waals surface area contributed by atoms with Gasteiger partial charge in [-0.15, -0.1) is 11.3 Å². The van der Waals surface area contributed by atoms with Crippen LogP contribution < -0.4 is 5.32 Å². The minimum Gasteiger partial charge on any atom is -0.352 e. The van der Waals surface area contributed by atoms with Crippen LogP contribution in [-0.4, -0.2) is 38.3 Å². The van der Waals surface area contributed by atoms with Crippen LogP contribution in [0, 0.1) is 6.92 Å². The zero-order valence-corrected chi connectivity index (χ0v) is 18.7. The van der Waals surface area contributed by atoms with Crippen LogP contribution in [0.25, 0.3) is 10.1 Å². The summed E-state index contributed by atoms with van der Waals surface area (Å²) in [7, 11) is -3.56. The predicted molar refractivity (Wildman–Crippen MR) is 122 cm³/mol. The van der Waals surface area contributed by atoms with E-state index in [9.17, 15) is 13.2 Å². The van der Waals surface area contributed by atoms with Crippen LogP contribution >= 0.6 is 11.3 Å². The van der Waals surface area contributed by atoms with Gasteiger partial charge < -0.3 is 5.32 Å². The Morgan fingerprint density at radius 2 is 1.87 bits per heavy atom. The van der Waals surface area contributed by atoms with Crippen LogP contribution in [0.5, 0.6) is 0 Å². The van der Waals surface area contributed by atoms with Crippen molar-refractivity contribution in [3.8, 4) is 0 Å². The lowest BCUT2D eigenvalue weighted by Gasteiger charge is -2.26. The Morgan fingerprint density at radius 3 is 2.67 bits per heavy atom. The molecule has 1 aliphatic heterocycles. The number of nitrogens with one attached hydrogen (secondary N) is 1. The molecule has 1 saturated heterocycles. The van der Waals surface area contributed by atoms with Crippen molar-refractivity contribution >= 4 is 37.4 Å². The maximum absolute atomic E-state index is 13.0. The molecule has 1 fully saturated rings. The van der Waals surface area contributed by atoms with Crippen molar-refractivity contribution in [2.75, 3.05) is 19.6 Å². The standard InChI is InChI=1S/C23H26N2O3S2/c1-17-9-10-19(30(27,28)25-13-5-2-6-14-25)15-21(17)23(26)24-12-11-18-16-29-22-8-4-3-7-20(18)22/h3-4,7-10,15-16H,2,5-6,11-14H2,1H3,(H,24,26). The van der Waals surface area contributed by atoms with Crippen LogP contribution in [0.3, 0.4) is 0 Å². The highest BCUT2D eigenvalue weighted by atomic mass is 32.2. The number of carbonyl (C=O) groups excluding carboxylic acids is 1. The van der Waals surface area contributed by atoms with Crippen molar-refractivity contribution in [3.05, 3.63) is 64.5 Å². The second-order valence-corrected chi connectivity index (χ2v) is 10.6. The van der Waals surface area contributed by atoms with E-state index in [2.05, 4.69) is 22.8 Å². The van der Waals surface area contributed by atoms with Gasteiger partial charge >= 0.3 is 0 Å². The molecule has 4 rings (SSSR count). The Hall–Kier alpha value is -2.22. The fourth-order valence-corrected chi connectivity index (χ4v) is 6.43. The summed E-state index contributed by atoms with van der Waals surface area (Å²) < 4.78 is 28.7. The topological polar surface area (TPSA) is 66.5 Å². The number of benzene rings is 2. The van der Waals surface area contributed by atoms with Gasteiger partial charge in [0.2, 0.25) is 10.0 Å². The number of sulfonamides is 1. The SMILES string of the molecule is Cc1ccc(S(=O)(=O)N2CCCCC2)cc1C(=O)NCCc1csc2ccccc12. The third-order valence-corrected chi connectivity index (χ3v) is 8.55. The number of hydrogen-bond acceptors (Lipinski definition) is 4. The minimum absolute atomic E-state index is 0.198. The van der Waals surface area contributed by atoms with Crippen molar-refractivity contribution in [2.24, 2.45) is 0 Å². The van der Waals surface area contributed by atoms with Crippen molar-refractivity contribution in [1.82, 2.24) is 9.62 Å². The normalized spacial score (nSPS) is 15.4. The maximum atomic E-state index is 13.0. The van der Waals surface area contributed by atoms with E-state index in [-0.39, 0.29) is 10.8 Å². The van der Waals surface area contributed by atoms with Crippen LogP contribution in [0.2, 0.25) is 0 Å². The molecule has 0 bridgehead atoms. The molecule has 2 aromatic carbocycles. The van der Waals surface area contributed by atoms with Gasteiger partial charge in [0.15, 0.2) is 0 Å². The van der Waals surface area contributed by atoms with Crippen molar-refractivity contribution in [1.29, 1.82) is 0 Å². The largest absolute Gasteiger partial charge is 0.352 e. The summed E-state index contributed by atoms with van der Waals surface area (Å²) >= 11 is 1.71. The number of hydrogen-bond donors (Lipinski definition) is 1. The maximum Gasteiger partial charge on any atom is 0.251 e. The van der Waals surface area contributed by atoms with E-state index in [4.69, 9.17) is 0 Å².